The molecule has 0 fully saturated rings. The van der Waals surface area contributed by atoms with E-state index in [0.717, 1.165) is 0 Å². The van der Waals surface area contributed by atoms with E-state index in [2.05, 4.69) is 5.32 Å². The Kier molecular flexibility index (Phi) is 6.37. The van der Waals surface area contributed by atoms with Gasteiger partial charge < -0.3 is 15.2 Å². The first-order chi connectivity index (χ1) is 14.0. The lowest BCUT2D eigenvalue weighted by Crippen LogP contribution is -2.27. The van der Waals surface area contributed by atoms with Crippen LogP contribution in [0, 0.1) is 5.82 Å². The van der Waals surface area contributed by atoms with Gasteiger partial charge in [0.05, 0.1) is 0 Å². The van der Waals surface area contributed by atoms with Crippen LogP contribution in [0.5, 0.6) is 5.75 Å². The van der Waals surface area contributed by atoms with Gasteiger partial charge in [-0.1, -0.05) is 48.5 Å². The monoisotopic (exact) mass is 391 g/mol. The molecule has 0 radical (unpaired) electrons. The van der Waals surface area contributed by atoms with Gasteiger partial charge in [0.1, 0.15) is 23.9 Å². The SMILES string of the molecule is O=C(O)/C(=C\c1ccccc1OCc1cccc(F)c1)NC(=O)c1ccccc1. The summed E-state index contributed by atoms with van der Waals surface area (Å²) in [5, 5.41) is 11.9. The highest BCUT2D eigenvalue weighted by Crippen LogP contribution is 2.22. The first-order valence-electron chi connectivity index (χ1n) is 8.80. The Morgan fingerprint density at radius 3 is 2.41 bits per heavy atom. The lowest BCUT2D eigenvalue weighted by atomic mass is 10.1. The third-order valence-corrected chi connectivity index (χ3v) is 4.02. The van der Waals surface area contributed by atoms with Gasteiger partial charge in [-0.3, -0.25) is 4.79 Å². The van der Waals surface area contributed by atoms with Crippen molar-refractivity contribution < 1.29 is 23.8 Å². The summed E-state index contributed by atoms with van der Waals surface area (Å²) in [4.78, 5) is 23.9. The highest BCUT2D eigenvalue weighted by Gasteiger charge is 2.14. The van der Waals surface area contributed by atoms with Crippen LogP contribution in [-0.4, -0.2) is 17.0 Å². The molecule has 0 aliphatic carbocycles. The van der Waals surface area contributed by atoms with Crippen molar-refractivity contribution >= 4 is 18.0 Å². The first kappa shape index (κ1) is 19.8. The van der Waals surface area contributed by atoms with E-state index in [0.29, 0.717) is 22.4 Å². The maximum absolute atomic E-state index is 13.3. The molecule has 5 nitrogen and oxygen atoms in total. The molecule has 0 aliphatic heterocycles. The summed E-state index contributed by atoms with van der Waals surface area (Å²) >= 11 is 0. The van der Waals surface area contributed by atoms with Crippen molar-refractivity contribution in [2.45, 2.75) is 6.61 Å². The molecule has 3 rings (SSSR count). The molecule has 146 valence electrons. The summed E-state index contributed by atoms with van der Waals surface area (Å²) in [7, 11) is 0. The van der Waals surface area contributed by atoms with Gasteiger partial charge in [0.2, 0.25) is 0 Å². The van der Waals surface area contributed by atoms with E-state index in [-0.39, 0.29) is 18.1 Å². The van der Waals surface area contributed by atoms with Crippen molar-refractivity contribution in [2.75, 3.05) is 0 Å². The minimum atomic E-state index is -1.28. The van der Waals surface area contributed by atoms with E-state index < -0.39 is 11.9 Å². The molecule has 3 aromatic rings. The number of carbonyl (C=O) groups is 2. The summed E-state index contributed by atoms with van der Waals surface area (Å²) in [6.45, 7) is 0.112. The van der Waals surface area contributed by atoms with E-state index in [4.69, 9.17) is 4.74 Å². The van der Waals surface area contributed by atoms with Crippen molar-refractivity contribution in [1.82, 2.24) is 5.32 Å². The number of hydrogen-bond acceptors (Lipinski definition) is 3. The quantitative estimate of drug-likeness (QED) is 0.590. The number of rotatable bonds is 7. The molecule has 6 heteroatoms. The molecule has 1 amide bonds. The van der Waals surface area contributed by atoms with Gasteiger partial charge in [0.15, 0.2) is 0 Å². The number of amides is 1. The molecule has 0 saturated carbocycles. The van der Waals surface area contributed by atoms with Gasteiger partial charge in [0, 0.05) is 11.1 Å². The number of halogens is 1. The smallest absolute Gasteiger partial charge is 0.352 e. The Bertz CT molecular complexity index is 1050. The number of para-hydroxylation sites is 1. The lowest BCUT2D eigenvalue weighted by Gasteiger charge is -2.11. The molecule has 29 heavy (non-hydrogen) atoms. The molecule has 0 heterocycles. The molecule has 0 aliphatic rings. The van der Waals surface area contributed by atoms with Crippen LogP contribution in [0.2, 0.25) is 0 Å². The van der Waals surface area contributed by atoms with Crippen molar-refractivity contribution in [3.05, 3.63) is 107 Å². The normalized spacial score (nSPS) is 11.0. The van der Waals surface area contributed by atoms with Crippen molar-refractivity contribution in [3.8, 4) is 5.75 Å². The van der Waals surface area contributed by atoms with Gasteiger partial charge in [-0.25, -0.2) is 9.18 Å². The number of hydrogen-bond donors (Lipinski definition) is 2. The molecule has 2 N–H and O–H groups in total. The fourth-order valence-corrected chi connectivity index (χ4v) is 2.61. The van der Waals surface area contributed by atoms with Crippen molar-refractivity contribution in [3.63, 3.8) is 0 Å². The van der Waals surface area contributed by atoms with Gasteiger partial charge in [-0.05, 0) is 42.0 Å². The Hall–Kier alpha value is -3.93. The zero-order chi connectivity index (χ0) is 20.6. The van der Waals surface area contributed by atoms with E-state index in [1.807, 2.05) is 0 Å². The number of ether oxygens (including phenoxy) is 1. The van der Waals surface area contributed by atoms with Crippen LogP contribution in [0.25, 0.3) is 6.08 Å². The van der Waals surface area contributed by atoms with Crippen molar-refractivity contribution in [1.29, 1.82) is 0 Å². The molecule has 0 spiro atoms. The van der Waals surface area contributed by atoms with Crippen LogP contribution >= 0.6 is 0 Å². The number of carboxylic acids is 1. The minimum absolute atomic E-state index is 0.112. The zero-order valence-corrected chi connectivity index (χ0v) is 15.3. The molecule has 3 aromatic carbocycles. The maximum atomic E-state index is 13.3. The van der Waals surface area contributed by atoms with Gasteiger partial charge in [0.25, 0.3) is 5.91 Å². The van der Waals surface area contributed by atoms with E-state index >= 15 is 0 Å². The van der Waals surface area contributed by atoms with E-state index in [1.54, 1.807) is 66.7 Å². The third-order valence-electron chi connectivity index (χ3n) is 4.02. The lowest BCUT2D eigenvalue weighted by molar-refractivity contribution is -0.132. The Labute approximate surface area is 167 Å². The highest BCUT2D eigenvalue weighted by atomic mass is 19.1. The second kappa shape index (κ2) is 9.32. The van der Waals surface area contributed by atoms with Crippen molar-refractivity contribution in [2.24, 2.45) is 0 Å². The van der Waals surface area contributed by atoms with Crippen LogP contribution in [0.3, 0.4) is 0 Å². The molecule has 0 bridgehead atoms. The fraction of sp³-hybridized carbons (Fsp3) is 0.0435. The van der Waals surface area contributed by atoms with Crippen LogP contribution in [0.1, 0.15) is 21.5 Å². The Morgan fingerprint density at radius 1 is 0.966 bits per heavy atom. The second-order valence-electron chi connectivity index (χ2n) is 6.14. The average molecular weight is 391 g/mol. The molecular weight excluding hydrogens is 373 g/mol. The fourth-order valence-electron chi connectivity index (χ4n) is 2.61. The van der Waals surface area contributed by atoms with Crippen LogP contribution in [0.15, 0.2) is 84.6 Å². The number of benzene rings is 3. The zero-order valence-electron chi connectivity index (χ0n) is 15.3. The van der Waals surface area contributed by atoms with E-state index in [1.165, 1.54) is 18.2 Å². The van der Waals surface area contributed by atoms with E-state index in [9.17, 15) is 19.1 Å². The first-order valence-corrected chi connectivity index (χ1v) is 8.80. The summed E-state index contributed by atoms with van der Waals surface area (Å²) < 4.78 is 19.1. The Balaban J connectivity index is 1.81. The summed E-state index contributed by atoms with van der Waals surface area (Å²) in [6.07, 6.45) is 1.32. The minimum Gasteiger partial charge on any atom is -0.488 e. The van der Waals surface area contributed by atoms with Gasteiger partial charge in [-0.2, -0.15) is 0 Å². The highest BCUT2D eigenvalue weighted by molar-refractivity contribution is 6.02. The number of nitrogens with one attached hydrogen (secondary N) is 1. The predicted molar refractivity (Wildman–Crippen MR) is 107 cm³/mol. The van der Waals surface area contributed by atoms with Gasteiger partial charge in [-0.15, -0.1) is 0 Å². The largest absolute Gasteiger partial charge is 0.488 e. The number of aliphatic carboxylic acids is 1. The number of carboxylic acid groups (broad SMARTS) is 1. The standard InChI is InChI=1S/C23H18FNO4/c24-19-11-6-7-16(13-19)15-29-21-12-5-4-10-18(21)14-20(23(27)28)25-22(26)17-8-2-1-3-9-17/h1-14H,15H2,(H,25,26)(H,27,28)/b20-14+. The predicted octanol–water partition coefficient (Wildman–Crippen LogP) is 4.26. The Morgan fingerprint density at radius 2 is 1.69 bits per heavy atom. The molecule has 0 unspecified atom stereocenters. The second-order valence-corrected chi connectivity index (χ2v) is 6.14. The number of carbonyl (C=O) groups excluding carboxylic acids is 1. The maximum Gasteiger partial charge on any atom is 0.352 e. The van der Waals surface area contributed by atoms with Crippen LogP contribution < -0.4 is 10.1 Å². The summed E-state index contributed by atoms with van der Waals surface area (Å²) in [6, 6.07) is 21.1. The average Bonchev–Trinajstić information content (AvgIpc) is 2.73. The molecule has 0 saturated heterocycles. The van der Waals surface area contributed by atoms with Crippen LogP contribution in [-0.2, 0) is 11.4 Å². The van der Waals surface area contributed by atoms with Gasteiger partial charge >= 0.3 is 5.97 Å². The third kappa shape index (κ3) is 5.52. The molecule has 0 atom stereocenters. The summed E-state index contributed by atoms with van der Waals surface area (Å²) in [5.41, 5.74) is 1.16. The topological polar surface area (TPSA) is 75.6 Å². The molecular formula is C23H18FNO4. The summed E-state index contributed by atoms with van der Waals surface area (Å²) in [5.74, 6) is -1.77. The van der Waals surface area contributed by atoms with Crippen LogP contribution in [0.4, 0.5) is 4.39 Å². The molecule has 0 aromatic heterocycles.